The van der Waals surface area contributed by atoms with Crippen molar-refractivity contribution >= 4 is 28.8 Å². The zero-order valence-corrected chi connectivity index (χ0v) is 15.9. The maximum atomic E-state index is 13.7. The summed E-state index contributed by atoms with van der Waals surface area (Å²) in [5, 5.41) is 11.1. The van der Waals surface area contributed by atoms with Crippen molar-refractivity contribution in [3.63, 3.8) is 0 Å². The average molecular weight is 418 g/mol. The van der Waals surface area contributed by atoms with Crippen LogP contribution in [0.2, 0.25) is 0 Å². The van der Waals surface area contributed by atoms with Crippen molar-refractivity contribution in [2.45, 2.75) is 18.8 Å². The number of likely N-dealkylation sites (tertiary alicyclic amines) is 1. The van der Waals surface area contributed by atoms with Gasteiger partial charge in [-0.25, -0.2) is 8.78 Å². The molecule has 3 aromatic rings. The summed E-state index contributed by atoms with van der Waals surface area (Å²) in [6.45, 7) is 1.10. The maximum absolute atomic E-state index is 13.7. The summed E-state index contributed by atoms with van der Waals surface area (Å²) in [6.07, 6.45) is 2.84. The minimum absolute atomic E-state index is 0.0808. The molecule has 10 heteroatoms. The second-order valence-electron chi connectivity index (χ2n) is 6.57. The van der Waals surface area contributed by atoms with Gasteiger partial charge in [0.25, 0.3) is 11.8 Å². The van der Waals surface area contributed by atoms with Crippen LogP contribution in [0.3, 0.4) is 0 Å². The van der Waals surface area contributed by atoms with Gasteiger partial charge in [-0.3, -0.25) is 9.59 Å². The van der Waals surface area contributed by atoms with E-state index in [0.717, 1.165) is 23.5 Å². The number of nitrogens with zero attached hydrogens (tertiary/aromatic N) is 3. The summed E-state index contributed by atoms with van der Waals surface area (Å²) in [4.78, 5) is 26.3. The SMILES string of the molecule is O=C(Nc1ccc(F)cc1F)c1nnc(C2CCN(C(=O)c3ccco3)CC2)s1. The van der Waals surface area contributed by atoms with Gasteiger partial charge in [0.2, 0.25) is 5.01 Å². The molecular formula is C19H16F2N4O3S. The van der Waals surface area contributed by atoms with Gasteiger partial charge in [0.15, 0.2) is 5.76 Å². The first-order chi connectivity index (χ1) is 14.0. The van der Waals surface area contributed by atoms with Crippen molar-refractivity contribution in [2.24, 2.45) is 0 Å². The quantitative estimate of drug-likeness (QED) is 0.698. The number of benzene rings is 1. The van der Waals surface area contributed by atoms with Crippen molar-refractivity contribution in [3.8, 4) is 0 Å². The van der Waals surface area contributed by atoms with Gasteiger partial charge in [0.1, 0.15) is 16.6 Å². The molecule has 1 aliphatic rings. The standard InChI is InChI=1S/C19H16F2N4O3S/c20-12-3-4-14(13(21)10-12)22-16(26)18-24-23-17(29-18)11-5-7-25(8-6-11)19(27)15-2-1-9-28-15/h1-4,9-11H,5-8H2,(H,22,26). The molecule has 1 N–H and O–H groups in total. The molecule has 0 unspecified atom stereocenters. The molecule has 2 amide bonds. The molecule has 0 atom stereocenters. The monoisotopic (exact) mass is 418 g/mol. The van der Waals surface area contributed by atoms with Gasteiger partial charge >= 0.3 is 0 Å². The molecule has 0 aliphatic carbocycles. The molecule has 3 heterocycles. The predicted octanol–water partition coefficient (Wildman–Crippen LogP) is 3.68. The summed E-state index contributed by atoms with van der Waals surface area (Å²) < 4.78 is 31.8. The van der Waals surface area contributed by atoms with E-state index in [2.05, 4.69) is 15.5 Å². The van der Waals surface area contributed by atoms with E-state index in [-0.39, 0.29) is 22.5 Å². The number of carbonyl (C=O) groups is 2. The first-order valence-corrected chi connectivity index (χ1v) is 9.75. The minimum Gasteiger partial charge on any atom is -0.459 e. The highest BCUT2D eigenvalue weighted by molar-refractivity contribution is 7.13. The first kappa shape index (κ1) is 19.2. The lowest BCUT2D eigenvalue weighted by Crippen LogP contribution is -2.37. The van der Waals surface area contributed by atoms with Crippen LogP contribution >= 0.6 is 11.3 Å². The number of hydrogen-bond acceptors (Lipinski definition) is 6. The van der Waals surface area contributed by atoms with Gasteiger partial charge in [-0.05, 0) is 37.1 Å². The number of aromatic nitrogens is 2. The van der Waals surface area contributed by atoms with E-state index in [9.17, 15) is 18.4 Å². The summed E-state index contributed by atoms with van der Waals surface area (Å²) in [5.74, 6) is -1.95. The molecule has 4 rings (SSSR count). The van der Waals surface area contributed by atoms with Crippen LogP contribution < -0.4 is 5.32 Å². The molecule has 1 aliphatic heterocycles. The van der Waals surface area contributed by atoms with E-state index in [1.165, 1.54) is 6.26 Å². The number of nitrogens with one attached hydrogen (secondary N) is 1. The molecule has 0 radical (unpaired) electrons. The highest BCUT2D eigenvalue weighted by Crippen LogP contribution is 2.31. The topological polar surface area (TPSA) is 88.3 Å². The zero-order chi connectivity index (χ0) is 20.4. The number of hydrogen-bond donors (Lipinski definition) is 1. The summed E-state index contributed by atoms with van der Waals surface area (Å²) in [7, 11) is 0. The van der Waals surface area contributed by atoms with Gasteiger partial charge in [0, 0.05) is 25.1 Å². The first-order valence-electron chi connectivity index (χ1n) is 8.94. The number of rotatable bonds is 4. The predicted molar refractivity (Wildman–Crippen MR) is 101 cm³/mol. The molecule has 29 heavy (non-hydrogen) atoms. The van der Waals surface area contributed by atoms with E-state index in [1.54, 1.807) is 17.0 Å². The molecule has 0 bridgehead atoms. The number of carbonyl (C=O) groups excluding carboxylic acids is 2. The van der Waals surface area contributed by atoms with Crippen molar-refractivity contribution in [1.82, 2.24) is 15.1 Å². The van der Waals surface area contributed by atoms with Crippen LogP contribution in [0.1, 0.15) is 44.1 Å². The van der Waals surface area contributed by atoms with Crippen LogP contribution in [0.4, 0.5) is 14.5 Å². The Balaban J connectivity index is 1.37. The number of halogens is 2. The minimum atomic E-state index is -0.864. The third-order valence-corrected chi connectivity index (χ3v) is 5.76. The van der Waals surface area contributed by atoms with Crippen LogP contribution in [0.5, 0.6) is 0 Å². The Bertz CT molecular complexity index is 1030. The maximum Gasteiger partial charge on any atom is 0.289 e. The third kappa shape index (κ3) is 4.16. The van der Waals surface area contributed by atoms with Crippen LogP contribution in [-0.2, 0) is 0 Å². The van der Waals surface area contributed by atoms with Crippen molar-refractivity contribution in [2.75, 3.05) is 18.4 Å². The third-order valence-electron chi connectivity index (χ3n) is 4.68. The largest absolute Gasteiger partial charge is 0.459 e. The lowest BCUT2D eigenvalue weighted by atomic mass is 9.97. The summed E-state index contributed by atoms with van der Waals surface area (Å²) in [5.41, 5.74) is -0.127. The Morgan fingerprint density at radius 1 is 1.17 bits per heavy atom. The Morgan fingerprint density at radius 2 is 1.97 bits per heavy atom. The molecule has 0 spiro atoms. The average Bonchev–Trinajstić information content (AvgIpc) is 3.42. The Labute approximate surface area is 168 Å². The van der Waals surface area contributed by atoms with Crippen LogP contribution in [0, 0.1) is 11.6 Å². The van der Waals surface area contributed by atoms with Gasteiger partial charge in [-0.1, -0.05) is 11.3 Å². The molecule has 2 aromatic heterocycles. The lowest BCUT2D eigenvalue weighted by molar-refractivity contribution is 0.0680. The number of amides is 2. The van der Waals surface area contributed by atoms with Gasteiger partial charge < -0.3 is 14.6 Å². The fourth-order valence-electron chi connectivity index (χ4n) is 3.14. The molecule has 1 fully saturated rings. The molecule has 1 aromatic carbocycles. The second kappa shape index (κ2) is 8.08. The zero-order valence-electron chi connectivity index (χ0n) is 15.1. The fourth-order valence-corrected chi connectivity index (χ4v) is 4.05. The highest BCUT2D eigenvalue weighted by Gasteiger charge is 2.28. The van der Waals surface area contributed by atoms with E-state index < -0.39 is 17.5 Å². The van der Waals surface area contributed by atoms with E-state index in [0.29, 0.717) is 42.8 Å². The Hall–Kier alpha value is -3.14. The van der Waals surface area contributed by atoms with Gasteiger partial charge in [0.05, 0.1) is 12.0 Å². The normalized spacial score (nSPS) is 14.8. The Kier molecular flexibility index (Phi) is 5.34. The van der Waals surface area contributed by atoms with Gasteiger partial charge in [-0.2, -0.15) is 0 Å². The van der Waals surface area contributed by atoms with E-state index in [4.69, 9.17) is 4.42 Å². The molecule has 150 valence electrons. The Morgan fingerprint density at radius 3 is 2.66 bits per heavy atom. The molecule has 1 saturated heterocycles. The van der Waals surface area contributed by atoms with Crippen molar-refractivity contribution < 1.29 is 22.8 Å². The van der Waals surface area contributed by atoms with E-state index in [1.807, 2.05) is 0 Å². The lowest BCUT2D eigenvalue weighted by Gasteiger charge is -2.30. The molecule has 7 nitrogen and oxygen atoms in total. The van der Waals surface area contributed by atoms with Crippen molar-refractivity contribution in [3.05, 3.63) is 64.0 Å². The molecule has 0 saturated carbocycles. The number of anilines is 1. The van der Waals surface area contributed by atoms with E-state index >= 15 is 0 Å². The second-order valence-corrected chi connectivity index (χ2v) is 7.58. The van der Waals surface area contributed by atoms with Crippen molar-refractivity contribution in [1.29, 1.82) is 0 Å². The summed E-state index contributed by atoms with van der Waals surface area (Å²) >= 11 is 1.13. The van der Waals surface area contributed by atoms with Gasteiger partial charge in [-0.15, -0.1) is 10.2 Å². The molecular weight excluding hydrogens is 402 g/mol. The smallest absolute Gasteiger partial charge is 0.289 e. The summed E-state index contributed by atoms with van der Waals surface area (Å²) in [6, 6.07) is 6.21. The fraction of sp³-hybridized carbons (Fsp3) is 0.263. The highest BCUT2D eigenvalue weighted by atomic mass is 32.1. The van der Waals surface area contributed by atoms with Crippen LogP contribution in [0.25, 0.3) is 0 Å². The van der Waals surface area contributed by atoms with Crippen LogP contribution in [0.15, 0.2) is 41.0 Å². The number of piperidine rings is 1. The number of furan rings is 1. The van der Waals surface area contributed by atoms with Crippen LogP contribution in [-0.4, -0.2) is 40.0 Å².